The first-order valence-corrected chi connectivity index (χ1v) is 17.0. The molecule has 0 radical (unpaired) electrons. The maximum absolute atomic E-state index is 11.5. The Kier molecular flexibility index (Phi) is 8.72. The lowest BCUT2D eigenvalue weighted by molar-refractivity contribution is -0.142. The molecule has 4 aromatic rings. The third-order valence-corrected chi connectivity index (χ3v) is 10.8. The predicted molar refractivity (Wildman–Crippen MR) is 178 cm³/mol. The van der Waals surface area contributed by atoms with Crippen molar-refractivity contribution in [2.45, 2.75) is 76.0 Å². The monoisotopic (exact) mass is 644 g/mol. The molecule has 9 nitrogen and oxygen atoms in total. The number of hydrogen-bond donors (Lipinski definition) is 5. The first-order chi connectivity index (χ1) is 21.9. The van der Waals surface area contributed by atoms with E-state index in [0.717, 1.165) is 83.5 Å². The van der Waals surface area contributed by atoms with Gasteiger partial charge in [-0.25, -0.2) is 9.97 Å². The van der Waals surface area contributed by atoms with Gasteiger partial charge in [-0.1, -0.05) is 41.9 Å². The van der Waals surface area contributed by atoms with Gasteiger partial charge in [-0.15, -0.1) is 11.3 Å². The van der Waals surface area contributed by atoms with Crippen molar-refractivity contribution in [3.05, 3.63) is 69.8 Å². The Bertz CT molecular complexity index is 1740. The molecule has 2 aromatic carbocycles. The number of carboxylic acids is 1. The van der Waals surface area contributed by atoms with E-state index in [4.69, 9.17) is 16.6 Å². The van der Waals surface area contributed by atoms with Gasteiger partial charge in [-0.05, 0) is 73.8 Å². The van der Waals surface area contributed by atoms with Crippen LogP contribution in [0, 0.1) is 5.92 Å². The van der Waals surface area contributed by atoms with E-state index < -0.39 is 5.97 Å². The SMILES string of the molecule is O=C1CC[C@@H](CNC2Cc3ccc(-c4cccc(Nc5nccc6sc(CNC7CCC(C(=O)O)CC7)nc56)c4Cl)cc3C2)N1. The Labute approximate surface area is 271 Å². The molecule has 1 saturated heterocycles. The highest BCUT2D eigenvalue weighted by Gasteiger charge is 2.27. The van der Waals surface area contributed by atoms with E-state index in [2.05, 4.69) is 44.5 Å². The van der Waals surface area contributed by atoms with Gasteiger partial charge in [-0.3, -0.25) is 9.59 Å². The molecular formula is C34H37ClN6O3S. The molecule has 2 fully saturated rings. The molecule has 11 heteroatoms. The Morgan fingerprint density at radius 2 is 1.87 bits per heavy atom. The number of anilines is 2. The van der Waals surface area contributed by atoms with Crippen LogP contribution in [0.4, 0.5) is 11.5 Å². The number of rotatable bonds is 10. The van der Waals surface area contributed by atoms with E-state index in [0.29, 0.717) is 35.9 Å². The Hall–Kier alpha value is -3.57. The molecule has 2 aliphatic carbocycles. The predicted octanol–water partition coefficient (Wildman–Crippen LogP) is 5.82. The quantitative estimate of drug-likeness (QED) is 0.146. The fraction of sp³-hybridized carbons (Fsp3) is 0.412. The molecule has 1 amide bonds. The molecular weight excluding hydrogens is 608 g/mol. The lowest BCUT2D eigenvalue weighted by atomic mass is 9.86. The fourth-order valence-electron chi connectivity index (χ4n) is 6.89. The van der Waals surface area contributed by atoms with Crippen molar-refractivity contribution in [2.75, 3.05) is 11.9 Å². The van der Waals surface area contributed by atoms with Crippen LogP contribution in [-0.2, 0) is 29.0 Å². The first-order valence-electron chi connectivity index (χ1n) is 15.8. The lowest BCUT2D eigenvalue weighted by Crippen LogP contribution is -2.40. The van der Waals surface area contributed by atoms with Gasteiger partial charge in [0.1, 0.15) is 10.5 Å². The fourth-order valence-corrected chi connectivity index (χ4v) is 8.09. The number of pyridine rings is 1. The number of aliphatic carboxylic acids is 1. The van der Waals surface area contributed by atoms with Crippen LogP contribution in [0.25, 0.3) is 21.3 Å². The van der Waals surface area contributed by atoms with Gasteiger partial charge >= 0.3 is 5.97 Å². The molecule has 3 heterocycles. The molecule has 234 valence electrons. The number of thiazole rings is 1. The number of fused-ring (bicyclic) bond motifs is 2. The van der Waals surface area contributed by atoms with Gasteiger partial charge in [0, 0.05) is 49.4 Å². The van der Waals surface area contributed by atoms with Crippen LogP contribution < -0.4 is 21.3 Å². The zero-order valence-electron chi connectivity index (χ0n) is 24.9. The van der Waals surface area contributed by atoms with Crippen molar-refractivity contribution in [3.63, 3.8) is 0 Å². The van der Waals surface area contributed by atoms with Crippen molar-refractivity contribution in [1.82, 2.24) is 25.9 Å². The van der Waals surface area contributed by atoms with Gasteiger partial charge in [-0.2, -0.15) is 0 Å². The van der Waals surface area contributed by atoms with Crippen LogP contribution in [0.3, 0.4) is 0 Å². The summed E-state index contributed by atoms with van der Waals surface area (Å²) >= 11 is 8.67. The Morgan fingerprint density at radius 1 is 1.02 bits per heavy atom. The maximum Gasteiger partial charge on any atom is 0.306 e. The van der Waals surface area contributed by atoms with Crippen LogP contribution >= 0.6 is 22.9 Å². The van der Waals surface area contributed by atoms with Crippen LogP contribution in [0.15, 0.2) is 48.7 Å². The number of nitrogens with one attached hydrogen (secondary N) is 4. The Balaban J connectivity index is 1.02. The molecule has 5 N–H and O–H groups in total. The molecule has 3 aliphatic rings. The smallest absolute Gasteiger partial charge is 0.306 e. The number of aromatic nitrogens is 2. The zero-order valence-corrected chi connectivity index (χ0v) is 26.5. The van der Waals surface area contributed by atoms with E-state index in [1.807, 2.05) is 24.3 Å². The van der Waals surface area contributed by atoms with Crippen LogP contribution in [0.5, 0.6) is 0 Å². The summed E-state index contributed by atoms with van der Waals surface area (Å²) in [5, 5.41) is 24.6. The highest BCUT2D eigenvalue weighted by Crippen LogP contribution is 2.38. The topological polar surface area (TPSA) is 128 Å². The largest absolute Gasteiger partial charge is 0.481 e. The highest BCUT2D eigenvalue weighted by atomic mass is 35.5. The molecule has 2 aromatic heterocycles. The molecule has 0 spiro atoms. The van der Waals surface area contributed by atoms with E-state index in [9.17, 15) is 14.7 Å². The maximum atomic E-state index is 11.5. The second-order valence-electron chi connectivity index (χ2n) is 12.5. The molecule has 0 bridgehead atoms. The summed E-state index contributed by atoms with van der Waals surface area (Å²) in [5.41, 5.74) is 6.31. The van der Waals surface area contributed by atoms with E-state index in [1.54, 1.807) is 17.5 Å². The normalized spacial score (nSPS) is 22.8. The lowest BCUT2D eigenvalue weighted by Gasteiger charge is -2.26. The summed E-state index contributed by atoms with van der Waals surface area (Å²) < 4.78 is 1.04. The number of halogens is 1. The average molecular weight is 645 g/mol. The summed E-state index contributed by atoms with van der Waals surface area (Å²) in [6.07, 6.45) is 8.43. The third-order valence-electron chi connectivity index (χ3n) is 9.41. The number of hydrogen-bond acceptors (Lipinski definition) is 8. The van der Waals surface area contributed by atoms with Gasteiger partial charge in [0.15, 0.2) is 5.82 Å². The number of carbonyl (C=O) groups is 2. The number of carbonyl (C=O) groups excluding carboxylic acids is 1. The molecule has 1 aliphatic heterocycles. The second kappa shape index (κ2) is 13.0. The summed E-state index contributed by atoms with van der Waals surface area (Å²) in [7, 11) is 0. The van der Waals surface area contributed by atoms with Crippen molar-refractivity contribution in [2.24, 2.45) is 5.92 Å². The van der Waals surface area contributed by atoms with Crippen molar-refractivity contribution < 1.29 is 14.7 Å². The van der Waals surface area contributed by atoms with E-state index in [-0.39, 0.29) is 17.9 Å². The number of nitrogens with zero attached hydrogens (tertiary/aromatic N) is 2. The van der Waals surface area contributed by atoms with Crippen molar-refractivity contribution in [1.29, 1.82) is 0 Å². The Morgan fingerprint density at radius 3 is 2.67 bits per heavy atom. The molecule has 45 heavy (non-hydrogen) atoms. The second-order valence-corrected chi connectivity index (χ2v) is 14.0. The number of amides is 1. The standard InChI is InChI=1S/C34H37ClN6O3S/c35-31-26(21-5-4-20-15-25(16-22(20)14-21)37-17-24-10-11-29(42)39-24)2-1-3-27(31)40-33-32-28(12-13-36-33)45-30(41-32)18-38-23-8-6-19(7-9-23)34(43)44/h1-5,12-14,19,23-25,37-38H,6-11,15-18H2,(H,36,40)(H,39,42)(H,43,44)/t19?,23?,24-,25?/m0/s1. The summed E-state index contributed by atoms with van der Waals surface area (Å²) in [4.78, 5) is 32.3. The molecule has 7 rings (SSSR count). The summed E-state index contributed by atoms with van der Waals surface area (Å²) in [5.74, 6) is -0.0790. The highest BCUT2D eigenvalue weighted by molar-refractivity contribution is 7.18. The third kappa shape index (κ3) is 6.70. The summed E-state index contributed by atoms with van der Waals surface area (Å²) in [6.45, 7) is 1.45. The minimum atomic E-state index is -0.681. The molecule has 1 unspecified atom stereocenters. The first kappa shape index (κ1) is 30.1. The average Bonchev–Trinajstić information content (AvgIpc) is 3.78. The van der Waals surface area contributed by atoms with Crippen molar-refractivity contribution in [3.8, 4) is 11.1 Å². The number of carboxylic acid groups (broad SMARTS) is 1. The van der Waals surface area contributed by atoms with Gasteiger partial charge < -0.3 is 26.4 Å². The van der Waals surface area contributed by atoms with Crippen LogP contribution in [0.1, 0.15) is 54.7 Å². The zero-order chi connectivity index (χ0) is 30.9. The molecule has 1 saturated carbocycles. The summed E-state index contributed by atoms with van der Waals surface area (Å²) in [6, 6.07) is 15.5. The van der Waals surface area contributed by atoms with Crippen molar-refractivity contribution >= 4 is 56.5 Å². The number of benzene rings is 2. The van der Waals surface area contributed by atoms with Crippen LogP contribution in [0.2, 0.25) is 5.02 Å². The minimum absolute atomic E-state index is 0.153. The van der Waals surface area contributed by atoms with Gasteiger partial charge in [0.2, 0.25) is 5.91 Å². The van der Waals surface area contributed by atoms with Crippen LogP contribution in [-0.4, -0.2) is 51.6 Å². The van der Waals surface area contributed by atoms with Gasteiger partial charge in [0.25, 0.3) is 0 Å². The molecule has 2 atom stereocenters. The van der Waals surface area contributed by atoms with Gasteiger partial charge in [0.05, 0.1) is 21.3 Å². The minimum Gasteiger partial charge on any atom is -0.481 e. The van der Waals surface area contributed by atoms with E-state index in [1.165, 1.54) is 11.1 Å². The van der Waals surface area contributed by atoms with E-state index >= 15 is 0 Å².